The van der Waals surface area contributed by atoms with Crippen molar-refractivity contribution in [2.75, 3.05) is 6.61 Å². The first-order chi connectivity index (χ1) is 6.79. The highest BCUT2D eigenvalue weighted by atomic mass is 16.5. The summed E-state index contributed by atoms with van der Waals surface area (Å²) in [6.07, 6.45) is 4.64. The highest BCUT2D eigenvalue weighted by Gasteiger charge is 2.27. The number of aliphatic imine (C=N–C) groups is 1. The summed E-state index contributed by atoms with van der Waals surface area (Å²) in [6, 6.07) is 10.5. The van der Waals surface area contributed by atoms with Crippen LogP contribution in [0.15, 0.2) is 35.3 Å². The lowest BCUT2D eigenvalue weighted by atomic mass is 9.95. The molecular formula is C12H14NO. The molecule has 0 spiro atoms. The van der Waals surface area contributed by atoms with Gasteiger partial charge in [0.15, 0.2) is 0 Å². The molecule has 1 aromatic carbocycles. The molecule has 14 heavy (non-hydrogen) atoms. The third kappa shape index (κ3) is 2.13. The van der Waals surface area contributed by atoms with Gasteiger partial charge < -0.3 is 4.74 Å². The van der Waals surface area contributed by atoms with Gasteiger partial charge >= 0.3 is 0 Å². The fourth-order valence-corrected chi connectivity index (χ4v) is 1.55. The Balaban J connectivity index is 1.91. The largest absolute Gasteiger partial charge is 0.472 e. The zero-order valence-electron chi connectivity index (χ0n) is 8.36. The van der Waals surface area contributed by atoms with Crippen molar-refractivity contribution in [3.8, 4) is 0 Å². The molecule has 1 aliphatic rings. The highest BCUT2D eigenvalue weighted by Crippen LogP contribution is 2.21. The Hall–Kier alpha value is -1.31. The van der Waals surface area contributed by atoms with E-state index in [0.717, 1.165) is 12.8 Å². The average molecular weight is 188 g/mol. The molecular weight excluding hydrogens is 174 g/mol. The maximum atomic E-state index is 5.03. The van der Waals surface area contributed by atoms with Crippen molar-refractivity contribution in [2.45, 2.75) is 25.3 Å². The molecule has 2 heteroatoms. The third-order valence-electron chi connectivity index (χ3n) is 2.56. The zero-order chi connectivity index (χ0) is 9.86. The van der Waals surface area contributed by atoms with E-state index in [9.17, 15) is 0 Å². The average Bonchev–Trinajstić information content (AvgIpc) is 2.65. The normalized spacial score (nSPS) is 24.9. The van der Waals surface area contributed by atoms with E-state index in [1.807, 2.05) is 6.07 Å². The van der Waals surface area contributed by atoms with Gasteiger partial charge in [-0.15, -0.1) is 0 Å². The van der Waals surface area contributed by atoms with Gasteiger partial charge in [-0.2, -0.15) is 0 Å². The molecule has 0 saturated carbocycles. The maximum absolute atomic E-state index is 5.03. The van der Waals surface area contributed by atoms with Crippen LogP contribution in [0, 0.1) is 0 Å². The van der Waals surface area contributed by atoms with Crippen LogP contribution in [0.5, 0.6) is 0 Å². The van der Waals surface area contributed by atoms with Crippen LogP contribution >= 0.6 is 0 Å². The molecule has 0 aliphatic carbocycles. The van der Waals surface area contributed by atoms with Gasteiger partial charge in [0.2, 0.25) is 0 Å². The van der Waals surface area contributed by atoms with Gasteiger partial charge in [0.1, 0.15) is 6.61 Å². The molecule has 0 fully saturated rings. The minimum atomic E-state index is -0.0597. The zero-order valence-corrected chi connectivity index (χ0v) is 8.36. The van der Waals surface area contributed by atoms with Gasteiger partial charge in [-0.1, -0.05) is 30.3 Å². The molecule has 0 bridgehead atoms. The molecule has 1 aliphatic heterocycles. The Bertz CT molecular complexity index is 320. The molecule has 0 saturated heterocycles. The number of ether oxygens (including phenoxy) is 1. The molecule has 1 radical (unpaired) electrons. The Kier molecular flexibility index (Phi) is 2.53. The molecule has 0 amide bonds. The monoisotopic (exact) mass is 188 g/mol. The number of aryl methyl sites for hydroxylation is 1. The topological polar surface area (TPSA) is 21.6 Å². The summed E-state index contributed by atoms with van der Waals surface area (Å²) in [7, 11) is 0. The van der Waals surface area contributed by atoms with Crippen molar-refractivity contribution < 1.29 is 4.74 Å². The lowest BCUT2D eigenvalue weighted by molar-refractivity contribution is 0.264. The lowest BCUT2D eigenvalue weighted by Gasteiger charge is -2.17. The van der Waals surface area contributed by atoms with Crippen LogP contribution < -0.4 is 0 Å². The summed E-state index contributed by atoms with van der Waals surface area (Å²) in [5.74, 6) is 0. The van der Waals surface area contributed by atoms with Crippen LogP contribution in [0.3, 0.4) is 0 Å². The van der Waals surface area contributed by atoms with Gasteiger partial charge in [0.05, 0.1) is 5.54 Å². The molecule has 2 rings (SSSR count). The van der Waals surface area contributed by atoms with Gasteiger partial charge in [-0.05, 0) is 25.3 Å². The standard InChI is InChI=1S/C12H14NO/c1-12(9-14-10-13-12)8-7-11-5-3-2-4-6-11/h2-6H,7-9H2,1H3. The van der Waals surface area contributed by atoms with E-state index in [-0.39, 0.29) is 5.54 Å². The van der Waals surface area contributed by atoms with Crippen molar-refractivity contribution in [1.82, 2.24) is 0 Å². The van der Waals surface area contributed by atoms with E-state index in [4.69, 9.17) is 4.74 Å². The van der Waals surface area contributed by atoms with Crippen LogP contribution in [0.4, 0.5) is 0 Å². The third-order valence-corrected chi connectivity index (χ3v) is 2.56. The van der Waals surface area contributed by atoms with E-state index in [0.29, 0.717) is 6.61 Å². The van der Waals surface area contributed by atoms with Crippen molar-refractivity contribution in [2.24, 2.45) is 4.99 Å². The minimum absolute atomic E-state index is 0.0597. The molecule has 1 unspecified atom stereocenters. The predicted molar refractivity (Wildman–Crippen MR) is 56.6 cm³/mol. The first-order valence-corrected chi connectivity index (χ1v) is 4.91. The number of hydrogen-bond donors (Lipinski definition) is 0. The SMILES string of the molecule is CC1(CCc2ccccc2)CO[C]=N1. The summed E-state index contributed by atoms with van der Waals surface area (Å²) in [5, 5.41) is 0. The van der Waals surface area contributed by atoms with Crippen LogP contribution in [0.1, 0.15) is 18.9 Å². The van der Waals surface area contributed by atoms with Crippen LogP contribution in [-0.4, -0.2) is 18.5 Å². The quantitative estimate of drug-likeness (QED) is 0.713. The lowest BCUT2D eigenvalue weighted by Crippen LogP contribution is -2.24. The summed E-state index contributed by atoms with van der Waals surface area (Å²) in [6.45, 7) is 2.77. The van der Waals surface area contributed by atoms with E-state index < -0.39 is 0 Å². The minimum Gasteiger partial charge on any atom is -0.472 e. The number of benzene rings is 1. The molecule has 1 heterocycles. The molecule has 2 nitrogen and oxygen atoms in total. The number of nitrogens with zero attached hydrogens (tertiary/aromatic N) is 1. The van der Waals surface area contributed by atoms with Gasteiger partial charge in [0.25, 0.3) is 6.40 Å². The Morgan fingerprint density at radius 3 is 2.86 bits per heavy atom. The van der Waals surface area contributed by atoms with Crippen LogP contribution in [0.2, 0.25) is 0 Å². The van der Waals surface area contributed by atoms with Crippen molar-refractivity contribution >= 4 is 6.40 Å². The molecule has 0 aromatic heterocycles. The first-order valence-electron chi connectivity index (χ1n) is 4.91. The van der Waals surface area contributed by atoms with Crippen LogP contribution in [0.25, 0.3) is 0 Å². The fraction of sp³-hybridized carbons (Fsp3) is 0.417. The van der Waals surface area contributed by atoms with E-state index in [1.165, 1.54) is 5.56 Å². The second-order valence-electron chi connectivity index (χ2n) is 3.97. The summed E-state index contributed by atoms with van der Waals surface area (Å²) in [5.41, 5.74) is 1.30. The Morgan fingerprint density at radius 1 is 1.43 bits per heavy atom. The van der Waals surface area contributed by atoms with Gasteiger partial charge in [0, 0.05) is 0 Å². The summed E-state index contributed by atoms with van der Waals surface area (Å²) in [4.78, 5) is 4.21. The molecule has 1 aromatic rings. The van der Waals surface area contributed by atoms with E-state index in [2.05, 4.69) is 42.6 Å². The summed E-state index contributed by atoms with van der Waals surface area (Å²) >= 11 is 0. The smallest absolute Gasteiger partial charge is 0.273 e. The van der Waals surface area contributed by atoms with Crippen molar-refractivity contribution in [1.29, 1.82) is 0 Å². The van der Waals surface area contributed by atoms with Gasteiger partial charge in [-0.3, -0.25) is 0 Å². The molecule has 0 N–H and O–H groups in total. The molecule has 73 valence electrons. The van der Waals surface area contributed by atoms with Crippen LogP contribution in [-0.2, 0) is 11.2 Å². The highest BCUT2D eigenvalue weighted by molar-refractivity contribution is 5.50. The van der Waals surface area contributed by atoms with E-state index >= 15 is 0 Å². The Morgan fingerprint density at radius 2 is 2.21 bits per heavy atom. The van der Waals surface area contributed by atoms with Gasteiger partial charge in [-0.25, -0.2) is 4.99 Å². The van der Waals surface area contributed by atoms with Crippen molar-refractivity contribution in [3.05, 3.63) is 35.9 Å². The predicted octanol–water partition coefficient (Wildman–Crippen LogP) is 2.31. The summed E-state index contributed by atoms with van der Waals surface area (Å²) < 4.78 is 5.03. The first kappa shape index (κ1) is 9.25. The maximum Gasteiger partial charge on any atom is 0.273 e. The second-order valence-corrected chi connectivity index (χ2v) is 3.97. The molecule has 1 atom stereocenters. The van der Waals surface area contributed by atoms with E-state index in [1.54, 1.807) is 0 Å². The second kappa shape index (κ2) is 3.82. The number of hydrogen-bond acceptors (Lipinski definition) is 2. The fourth-order valence-electron chi connectivity index (χ4n) is 1.55. The number of rotatable bonds is 3. The van der Waals surface area contributed by atoms with Crippen molar-refractivity contribution in [3.63, 3.8) is 0 Å². The Labute approximate surface area is 84.6 Å².